The molecule has 0 aliphatic heterocycles. The molecule has 0 radical (unpaired) electrons. The van der Waals surface area contributed by atoms with Crippen LogP contribution in [-0.2, 0) is 9.84 Å². The first kappa shape index (κ1) is 17.4. The van der Waals surface area contributed by atoms with Crippen LogP contribution in [0.1, 0.15) is 23.7 Å². The summed E-state index contributed by atoms with van der Waals surface area (Å²) in [6, 6.07) is 1.10. The lowest BCUT2D eigenvalue weighted by Gasteiger charge is -2.18. The Kier molecular flexibility index (Phi) is 6.07. The highest BCUT2D eigenvalue weighted by Crippen LogP contribution is 2.15. The summed E-state index contributed by atoms with van der Waals surface area (Å²) >= 11 is 0. The molecule has 21 heavy (non-hydrogen) atoms. The number of hydrogen-bond acceptors (Lipinski definition) is 5. The molecule has 0 aliphatic rings. The van der Waals surface area contributed by atoms with Crippen LogP contribution in [0.2, 0.25) is 0 Å². The third kappa shape index (κ3) is 5.66. The zero-order chi connectivity index (χ0) is 16.0. The predicted octanol–water partition coefficient (Wildman–Crippen LogP) is 1.16. The summed E-state index contributed by atoms with van der Waals surface area (Å²) < 4.78 is 35.6. The molecule has 0 spiro atoms. The monoisotopic (exact) mass is 317 g/mol. The number of amides is 1. The lowest BCUT2D eigenvalue weighted by Crippen LogP contribution is -2.32. The first-order valence-corrected chi connectivity index (χ1v) is 8.63. The number of aromatic nitrogens is 1. The normalized spacial score (nSPS) is 11.2. The third-order valence-electron chi connectivity index (χ3n) is 2.77. The Morgan fingerprint density at radius 1 is 1.48 bits per heavy atom. The molecule has 1 heterocycles. The number of nitrogens with zero attached hydrogens (tertiary/aromatic N) is 2. The Bertz CT molecular complexity index is 605. The second-order valence-electron chi connectivity index (χ2n) is 4.83. The number of carbonyl (C=O) groups excluding carboxylic acids is 1. The summed E-state index contributed by atoms with van der Waals surface area (Å²) in [5.74, 6) is -0.925. The fourth-order valence-corrected chi connectivity index (χ4v) is 2.20. The molecule has 8 heteroatoms. The van der Waals surface area contributed by atoms with Crippen molar-refractivity contribution in [3.05, 3.63) is 23.6 Å². The van der Waals surface area contributed by atoms with Gasteiger partial charge in [-0.25, -0.2) is 17.8 Å². The van der Waals surface area contributed by atoms with Crippen molar-refractivity contribution >= 4 is 21.6 Å². The molecule has 0 aliphatic carbocycles. The fraction of sp³-hybridized carbons (Fsp3) is 0.538. The van der Waals surface area contributed by atoms with Crippen LogP contribution < -0.4 is 5.32 Å². The van der Waals surface area contributed by atoms with Crippen LogP contribution >= 0.6 is 0 Å². The summed E-state index contributed by atoms with van der Waals surface area (Å²) in [6.45, 7) is 2.60. The van der Waals surface area contributed by atoms with E-state index in [0.717, 1.165) is 24.9 Å². The van der Waals surface area contributed by atoms with E-state index in [0.29, 0.717) is 12.4 Å². The van der Waals surface area contributed by atoms with Crippen molar-refractivity contribution in [1.29, 1.82) is 0 Å². The molecule has 1 rings (SSSR count). The number of carbonyl (C=O) groups is 1. The summed E-state index contributed by atoms with van der Waals surface area (Å²) in [6.07, 6.45) is 2.96. The molecule has 0 bridgehead atoms. The zero-order valence-corrected chi connectivity index (χ0v) is 13.2. The molecule has 0 atom stereocenters. The van der Waals surface area contributed by atoms with E-state index in [9.17, 15) is 17.6 Å². The predicted molar refractivity (Wildman–Crippen MR) is 79.6 cm³/mol. The number of anilines is 1. The van der Waals surface area contributed by atoms with Gasteiger partial charge in [0.1, 0.15) is 21.5 Å². The molecule has 0 saturated heterocycles. The second-order valence-corrected chi connectivity index (χ2v) is 7.09. The van der Waals surface area contributed by atoms with Gasteiger partial charge >= 0.3 is 0 Å². The Hall–Kier alpha value is -1.70. The molecule has 6 nitrogen and oxygen atoms in total. The molecule has 1 amide bonds. The highest BCUT2D eigenvalue weighted by atomic mass is 32.2. The van der Waals surface area contributed by atoms with Crippen molar-refractivity contribution < 1.29 is 17.6 Å². The quantitative estimate of drug-likeness (QED) is 0.816. The van der Waals surface area contributed by atoms with Gasteiger partial charge in [0, 0.05) is 26.4 Å². The summed E-state index contributed by atoms with van der Waals surface area (Å²) in [4.78, 5) is 17.4. The molecule has 0 aromatic carbocycles. The van der Waals surface area contributed by atoms with Gasteiger partial charge in [-0.15, -0.1) is 0 Å². The van der Waals surface area contributed by atoms with Crippen LogP contribution in [0.25, 0.3) is 0 Å². The SMILES string of the molecule is CCCNc1ncc(F)cc1C(=O)N(C)CCS(C)(=O)=O. The molecular formula is C13H20FN3O3S. The van der Waals surface area contributed by atoms with E-state index in [1.807, 2.05) is 6.92 Å². The molecule has 0 unspecified atom stereocenters. The highest BCUT2D eigenvalue weighted by molar-refractivity contribution is 7.90. The third-order valence-corrected chi connectivity index (χ3v) is 3.70. The van der Waals surface area contributed by atoms with E-state index >= 15 is 0 Å². The van der Waals surface area contributed by atoms with E-state index in [1.54, 1.807) is 0 Å². The number of hydrogen-bond donors (Lipinski definition) is 1. The van der Waals surface area contributed by atoms with E-state index < -0.39 is 21.6 Å². The molecule has 1 aromatic heterocycles. The average molecular weight is 317 g/mol. The van der Waals surface area contributed by atoms with Gasteiger partial charge in [0.05, 0.1) is 17.5 Å². The topological polar surface area (TPSA) is 79.4 Å². The lowest BCUT2D eigenvalue weighted by atomic mass is 10.2. The van der Waals surface area contributed by atoms with E-state index in [-0.39, 0.29) is 17.9 Å². The molecular weight excluding hydrogens is 297 g/mol. The maximum atomic E-state index is 13.3. The van der Waals surface area contributed by atoms with Gasteiger partial charge in [-0.05, 0) is 12.5 Å². The zero-order valence-electron chi connectivity index (χ0n) is 12.4. The highest BCUT2D eigenvalue weighted by Gasteiger charge is 2.19. The van der Waals surface area contributed by atoms with Crippen molar-refractivity contribution in [2.45, 2.75) is 13.3 Å². The lowest BCUT2D eigenvalue weighted by molar-refractivity contribution is 0.0803. The van der Waals surface area contributed by atoms with Crippen LogP contribution in [0.3, 0.4) is 0 Å². The Morgan fingerprint density at radius 3 is 2.71 bits per heavy atom. The maximum absolute atomic E-state index is 13.3. The van der Waals surface area contributed by atoms with Crippen LogP contribution in [0.15, 0.2) is 12.3 Å². The Labute approximate surface area is 124 Å². The van der Waals surface area contributed by atoms with Crippen LogP contribution in [0.4, 0.5) is 10.2 Å². The van der Waals surface area contributed by atoms with Gasteiger partial charge in [0.2, 0.25) is 0 Å². The number of sulfone groups is 1. The van der Waals surface area contributed by atoms with Crippen molar-refractivity contribution in [2.75, 3.05) is 37.5 Å². The first-order valence-electron chi connectivity index (χ1n) is 6.57. The number of halogens is 1. The average Bonchev–Trinajstić information content (AvgIpc) is 2.41. The molecule has 0 fully saturated rings. The Morgan fingerprint density at radius 2 is 2.14 bits per heavy atom. The van der Waals surface area contributed by atoms with Crippen LogP contribution in [0.5, 0.6) is 0 Å². The van der Waals surface area contributed by atoms with Gasteiger partial charge in [0.25, 0.3) is 5.91 Å². The van der Waals surface area contributed by atoms with Gasteiger partial charge in [0.15, 0.2) is 0 Å². The largest absolute Gasteiger partial charge is 0.369 e. The molecule has 118 valence electrons. The van der Waals surface area contributed by atoms with Crippen LogP contribution in [-0.4, -0.2) is 56.4 Å². The summed E-state index contributed by atoms with van der Waals surface area (Å²) in [7, 11) is -1.69. The van der Waals surface area contributed by atoms with Gasteiger partial charge in [-0.1, -0.05) is 6.92 Å². The van der Waals surface area contributed by atoms with Crippen molar-refractivity contribution in [1.82, 2.24) is 9.88 Å². The molecule has 1 N–H and O–H groups in total. The van der Waals surface area contributed by atoms with Crippen LogP contribution in [0, 0.1) is 5.82 Å². The van der Waals surface area contributed by atoms with Crippen molar-refractivity contribution in [2.24, 2.45) is 0 Å². The van der Waals surface area contributed by atoms with Gasteiger partial charge in [-0.2, -0.15) is 0 Å². The van der Waals surface area contributed by atoms with E-state index in [2.05, 4.69) is 10.3 Å². The van der Waals surface area contributed by atoms with Crippen molar-refractivity contribution in [3.63, 3.8) is 0 Å². The number of nitrogens with one attached hydrogen (secondary N) is 1. The minimum Gasteiger partial charge on any atom is -0.369 e. The van der Waals surface area contributed by atoms with E-state index in [1.165, 1.54) is 11.9 Å². The maximum Gasteiger partial charge on any atom is 0.257 e. The fourth-order valence-electron chi connectivity index (χ4n) is 1.60. The second kappa shape index (κ2) is 7.35. The van der Waals surface area contributed by atoms with E-state index in [4.69, 9.17) is 0 Å². The number of rotatable bonds is 7. The summed E-state index contributed by atoms with van der Waals surface area (Å²) in [5.41, 5.74) is 0.0967. The summed E-state index contributed by atoms with van der Waals surface area (Å²) in [5, 5.41) is 2.95. The van der Waals surface area contributed by atoms with Gasteiger partial charge in [-0.3, -0.25) is 4.79 Å². The minimum atomic E-state index is -3.17. The molecule has 1 aromatic rings. The smallest absolute Gasteiger partial charge is 0.257 e. The number of pyridine rings is 1. The standard InChI is InChI=1S/C13H20FN3O3S/c1-4-5-15-12-11(8-10(14)9-16-12)13(18)17(2)6-7-21(3,19)20/h8-9H,4-7H2,1-3H3,(H,15,16). The van der Waals surface area contributed by atoms with Gasteiger partial charge < -0.3 is 10.2 Å². The Balaban J connectivity index is 2.91. The minimum absolute atomic E-state index is 0.0431. The first-order chi connectivity index (χ1) is 9.74. The van der Waals surface area contributed by atoms with Crippen molar-refractivity contribution in [3.8, 4) is 0 Å². The molecule has 0 saturated carbocycles.